The van der Waals surface area contributed by atoms with Gasteiger partial charge in [-0.3, -0.25) is 4.57 Å². The molecule has 0 aliphatic heterocycles. The van der Waals surface area contributed by atoms with Crippen molar-refractivity contribution in [3.8, 4) is 28.6 Å². The van der Waals surface area contributed by atoms with Gasteiger partial charge in [-0.1, -0.05) is 57.2 Å². The summed E-state index contributed by atoms with van der Waals surface area (Å²) >= 11 is 0. The minimum Gasteiger partial charge on any atom is -0.410 e. The molecule has 0 aliphatic rings. The van der Waals surface area contributed by atoms with Crippen LogP contribution in [-0.2, 0) is 4.79 Å². The second-order valence-corrected chi connectivity index (χ2v) is 9.81. The lowest BCUT2D eigenvalue weighted by Crippen LogP contribution is -2.26. The molecule has 0 fully saturated rings. The lowest BCUT2D eigenvalue weighted by Gasteiger charge is -2.18. The van der Waals surface area contributed by atoms with Gasteiger partial charge in [0.15, 0.2) is 5.82 Å². The Bertz CT molecular complexity index is 1400. The Kier molecular flexibility index (Phi) is 14.4. The van der Waals surface area contributed by atoms with Gasteiger partial charge in [-0.2, -0.15) is 0 Å². The van der Waals surface area contributed by atoms with Gasteiger partial charge >= 0.3 is 12.2 Å². The van der Waals surface area contributed by atoms with E-state index in [1.807, 2.05) is 48.8 Å². The van der Waals surface area contributed by atoms with Crippen molar-refractivity contribution in [3.05, 3.63) is 72.1 Å². The van der Waals surface area contributed by atoms with Crippen molar-refractivity contribution in [1.82, 2.24) is 24.6 Å². The highest BCUT2D eigenvalue weighted by molar-refractivity contribution is 5.78. The van der Waals surface area contributed by atoms with Crippen LogP contribution in [0.15, 0.2) is 55.1 Å². The zero-order valence-corrected chi connectivity index (χ0v) is 26.4. The van der Waals surface area contributed by atoms with E-state index in [1.165, 1.54) is 36.1 Å². The molecule has 1 heterocycles. The van der Waals surface area contributed by atoms with E-state index in [2.05, 4.69) is 30.6 Å². The molecule has 42 heavy (non-hydrogen) atoms. The van der Waals surface area contributed by atoms with Crippen molar-refractivity contribution in [2.24, 2.45) is 0 Å². The largest absolute Gasteiger partial charge is 0.414 e. The summed E-state index contributed by atoms with van der Waals surface area (Å²) in [7, 11) is 6.31. The summed E-state index contributed by atoms with van der Waals surface area (Å²) in [5.74, 6) is 1.68. The average molecular weight is 578 g/mol. The first kappa shape index (κ1) is 35.3. The Labute approximate surface area is 249 Å². The van der Waals surface area contributed by atoms with E-state index in [4.69, 9.17) is 9.47 Å². The third-order valence-electron chi connectivity index (χ3n) is 5.09. The summed E-state index contributed by atoms with van der Waals surface area (Å²) < 4.78 is 12.9. The number of carbonyl (C=O) groups is 3. The number of rotatable bonds is 6. The van der Waals surface area contributed by atoms with Crippen LogP contribution in [0.1, 0.15) is 51.1 Å². The summed E-state index contributed by atoms with van der Waals surface area (Å²) in [5, 5.41) is 8.69. The summed E-state index contributed by atoms with van der Waals surface area (Å²) in [6, 6.07) is 10.7. The third-order valence-corrected chi connectivity index (χ3v) is 5.09. The van der Waals surface area contributed by atoms with Crippen LogP contribution in [0.5, 0.6) is 11.5 Å². The minimum atomic E-state index is -0.588. The number of ketones is 1. The molecule has 3 rings (SSSR count). The maximum atomic E-state index is 12.4. The molecule has 2 amide bonds. The molecular formula is C32H43N5O5. The summed E-state index contributed by atoms with van der Waals surface area (Å²) in [6.07, 6.45) is 5.65. The van der Waals surface area contributed by atoms with Gasteiger partial charge in [-0.05, 0) is 51.5 Å². The fourth-order valence-corrected chi connectivity index (χ4v) is 3.28. The molecule has 226 valence electrons. The first-order chi connectivity index (χ1) is 19.8. The summed E-state index contributed by atoms with van der Waals surface area (Å²) in [4.78, 5) is 36.5. The number of aromatic nitrogens is 3. The van der Waals surface area contributed by atoms with Gasteiger partial charge < -0.3 is 24.1 Å². The first-order valence-electron chi connectivity index (χ1n) is 13.5. The SMILES string of the molecule is C=C/C=C\c1c(C)cccc1-n1c(C)nnc1-c1ccc(OC(=O)N(C)C)cc1OC(=O)N(C)C.CC(C)=O.CCC. The molecule has 10 nitrogen and oxygen atoms in total. The van der Waals surface area contributed by atoms with E-state index in [1.54, 1.807) is 46.4 Å². The fraction of sp³-hybridized carbons (Fsp3) is 0.344. The first-order valence-corrected chi connectivity index (χ1v) is 13.5. The molecule has 1 aromatic heterocycles. The number of hydrogen-bond donors (Lipinski definition) is 0. The van der Waals surface area contributed by atoms with Gasteiger partial charge in [0.2, 0.25) is 0 Å². The van der Waals surface area contributed by atoms with E-state index in [0.29, 0.717) is 17.2 Å². The van der Waals surface area contributed by atoms with Crippen LogP contribution in [0.3, 0.4) is 0 Å². The van der Waals surface area contributed by atoms with Crippen LogP contribution in [0, 0.1) is 13.8 Å². The van der Waals surface area contributed by atoms with Crippen molar-refractivity contribution in [2.75, 3.05) is 28.2 Å². The smallest absolute Gasteiger partial charge is 0.410 e. The predicted molar refractivity (Wildman–Crippen MR) is 167 cm³/mol. The van der Waals surface area contributed by atoms with Gasteiger partial charge in [0, 0.05) is 39.8 Å². The second kappa shape index (κ2) is 17.2. The number of allylic oxidation sites excluding steroid dienone is 2. The summed E-state index contributed by atoms with van der Waals surface area (Å²) in [5.41, 5.74) is 3.39. The highest BCUT2D eigenvalue weighted by atomic mass is 16.6. The zero-order chi connectivity index (χ0) is 32.0. The number of amides is 2. The van der Waals surface area contributed by atoms with Crippen LogP contribution < -0.4 is 9.47 Å². The minimum absolute atomic E-state index is 0.167. The lowest BCUT2D eigenvalue weighted by atomic mass is 10.0. The topological polar surface area (TPSA) is 107 Å². The Hall–Kier alpha value is -4.73. The Morgan fingerprint density at radius 2 is 1.50 bits per heavy atom. The zero-order valence-electron chi connectivity index (χ0n) is 26.4. The molecule has 0 saturated carbocycles. The van der Waals surface area contributed by atoms with Gasteiger partial charge in [-0.25, -0.2) is 9.59 Å². The highest BCUT2D eigenvalue weighted by Gasteiger charge is 2.22. The molecule has 0 spiro atoms. The van der Waals surface area contributed by atoms with Crippen LogP contribution in [-0.4, -0.2) is 70.7 Å². The quantitative estimate of drug-likeness (QED) is 0.294. The molecule has 0 radical (unpaired) electrons. The maximum Gasteiger partial charge on any atom is 0.414 e. The van der Waals surface area contributed by atoms with E-state index in [9.17, 15) is 14.4 Å². The molecular weight excluding hydrogens is 534 g/mol. The predicted octanol–water partition coefficient (Wildman–Crippen LogP) is 6.88. The molecule has 10 heteroatoms. The number of nitrogens with zero attached hydrogens (tertiary/aromatic N) is 5. The molecule has 0 saturated heterocycles. The standard InChI is InChI=1S/C26H29N5O4.C3H6O.C3H8/c1-8-9-12-20-17(2)11-10-13-22(20)31-18(3)27-28-24(31)21-15-14-19(34-25(32)29(4)5)16-23(21)35-26(33)30(6)7;1-3(2)4;1-3-2/h8-16H,1H2,2-7H3;1-2H3;3H2,1-2H3/b12-9-;;. The molecule has 2 aromatic carbocycles. The lowest BCUT2D eigenvalue weighted by molar-refractivity contribution is -0.115. The molecule has 3 aromatic rings. The number of Topliss-reactive ketones (excluding diaryl/α,β-unsaturated/α-hetero) is 1. The number of ether oxygens (including phenoxy) is 2. The number of carbonyl (C=O) groups excluding carboxylic acids is 3. The molecule has 0 unspecified atom stereocenters. The molecule has 0 bridgehead atoms. The van der Waals surface area contributed by atoms with Crippen LogP contribution in [0.2, 0.25) is 0 Å². The van der Waals surface area contributed by atoms with E-state index < -0.39 is 12.2 Å². The van der Waals surface area contributed by atoms with Gasteiger partial charge in [0.1, 0.15) is 23.1 Å². The second-order valence-electron chi connectivity index (χ2n) is 9.81. The monoisotopic (exact) mass is 577 g/mol. The molecule has 0 atom stereocenters. The third kappa shape index (κ3) is 10.3. The van der Waals surface area contributed by atoms with Crippen molar-refractivity contribution in [3.63, 3.8) is 0 Å². The van der Waals surface area contributed by atoms with Crippen LogP contribution in [0.4, 0.5) is 9.59 Å². The number of hydrogen-bond acceptors (Lipinski definition) is 7. The van der Waals surface area contributed by atoms with Crippen molar-refractivity contribution < 1.29 is 23.9 Å². The van der Waals surface area contributed by atoms with E-state index >= 15 is 0 Å². The van der Waals surface area contributed by atoms with Crippen LogP contribution >= 0.6 is 0 Å². The van der Waals surface area contributed by atoms with Gasteiger partial charge in [-0.15, -0.1) is 10.2 Å². The molecule has 0 aliphatic carbocycles. The summed E-state index contributed by atoms with van der Waals surface area (Å²) in [6.45, 7) is 14.9. The van der Waals surface area contributed by atoms with Crippen molar-refractivity contribution in [2.45, 2.75) is 48.0 Å². The van der Waals surface area contributed by atoms with Crippen molar-refractivity contribution >= 4 is 24.0 Å². The van der Waals surface area contributed by atoms with Crippen LogP contribution in [0.25, 0.3) is 23.2 Å². The van der Waals surface area contributed by atoms with E-state index in [-0.39, 0.29) is 17.3 Å². The van der Waals surface area contributed by atoms with Gasteiger partial charge in [0.05, 0.1) is 11.3 Å². The highest BCUT2D eigenvalue weighted by Crippen LogP contribution is 2.36. The maximum absolute atomic E-state index is 12.4. The van der Waals surface area contributed by atoms with Gasteiger partial charge in [0.25, 0.3) is 0 Å². The number of benzene rings is 2. The normalized spacial score (nSPS) is 10.0. The Morgan fingerprint density at radius 3 is 2.05 bits per heavy atom. The number of aryl methyl sites for hydroxylation is 2. The Balaban J connectivity index is 0.00000114. The van der Waals surface area contributed by atoms with Crippen molar-refractivity contribution in [1.29, 1.82) is 0 Å². The fourth-order valence-electron chi connectivity index (χ4n) is 3.28. The molecule has 0 N–H and O–H groups in total. The van der Waals surface area contributed by atoms with E-state index in [0.717, 1.165) is 16.8 Å². The average Bonchev–Trinajstić information content (AvgIpc) is 3.28. The Morgan fingerprint density at radius 1 is 0.929 bits per heavy atom.